The average Bonchev–Trinajstić information content (AvgIpc) is 2.85. The SMILES string of the molecule is CC(c1ccc(Cl)s1)N1CCNC2(CCCCC2)C1. The predicted molar refractivity (Wildman–Crippen MR) is 83.1 cm³/mol. The maximum absolute atomic E-state index is 6.07. The molecule has 0 bridgehead atoms. The molecule has 0 aromatic carbocycles. The van der Waals surface area contributed by atoms with Crippen LogP contribution in [0.5, 0.6) is 0 Å². The number of thiophene rings is 1. The molecule has 2 fully saturated rings. The van der Waals surface area contributed by atoms with Crippen LogP contribution in [0.3, 0.4) is 0 Å². The minimum Gasteiger partial charge on any atom is -0.309 e. The number of nitrogens with one attached hydrogen (secondary N) is 1. The summed E-state index contributed by atoms with van der Waals surface area (Å²) >= 11 is 7.80. The van der Waals surface area contributed by atoms with E-state index < -0.39 is 0 Å². The monoisotopic (exact) mass is 298 g/mol. The molecule has 1 aromatic heterocycles. The molecule has 2 aliphatic rings. The lowest BCUT2D eigenvalue weighted by atomic mass is 9.80. The number of halogens is 1. The fourth-order valence-electron chi connectivity index (χ4n) is 3.62. The van der Waals surface area contributed by atoms with Crippen LogP contribution in [0.25, 0.3) is 0 Å². The maximum atomic E-state index is 6.07. The van der Waals surface area contributed by atoms with E-state index in [4.69, 9.17) is 11.6 Å². The Kier molecular flexibility index (Phi) is 4.18. The van der Waals surface area contributed by atoms with E-state index in [0.29, 0.717) is 11.6 Å². The molecule has 1 aromatic rings. The average molecular weight is 299 g/mol. The van der Waals surface area contributed by atoms with E-state index in [1.807, 2.05) is 6.07 Å². The lowest BCUT2D eigenvalue weighted by molar-refractivity contribution is 0.0740. The van der Waals surface area contributed by atoms with E-state index >= 15 is 0 Å². The van der Waals surface area contributed by atoms with Gasteiger partial charge in [0.2, 0.25) is 0 Å². The molecular formula is C15H23ClN2S. The van der Waals surface area contributed by atoms with Crippen LogP contribution in [0, 0.1) is 0 Å². The van der Waals surface area contributed by atoms with Gasteiger partial charge in [-0.05, 0) is 31.9 Å². The van der Waals surface area contributed by atoms with Gasteiger partial charge in [-0.2, -0.15) is 0 Å². The number of piperazine rings is 1. The van der Waals surface area contributed by atoms with Gasteiger partial charge in [0.1, 0.15) is 0 Å². The van der Waals surface area contributed by atoms with Gasteiger partial charge in [0.05, 0.1) is 4.34 Å². The van der Waals surface area contributed by atoms with Crippen molar-refractivity contribution >= 4 is 22.9 Å². The van der Waals surface area contributed by atoms with Crippen molar-refractivity contribution in [2.45, 2.75) is 50.6 Å². The Labute approximate surface area is 125 Å². The molecule has 1 atom stereocenters. The first-order valence-corrected chi connectivity index (χ1v) is 8.62. The van der Waals surface area contributed by atoms with Crippen molar-refractivity contribution in [3.05, 3.63) is 21.3 Å². The van der Waals surface area contributed by atoms with Gasteiger partial charge < -0.3 is 5.32 Å². The standard InChI is InChI=1S/C15H23ClN2S/c1-12(13-5-6-14(16)19-13)18-10-9-17-15(11-18)7-3-2-4-8-15/h5-6,12,17H,2-4,7-11H2,1H3. The van der Waals surface area contributed by atoms with Crippen LogP contribution in [0.15, 0.2) is 12.1 Å². The van der Waals surface area contributed by atoms with Gasteiger partial charge in [-0.1, -0.05) is 30.9 Å². The lowest BCUT2D eigenvalue weighted by Crippen LogP contribution is -2.61. The molecule has 4 heteroatoms. The number of hydrogen-bond donors (Lipinski definition) is 1. The van der Waals surface area contributed by atoms with Gasteiger partial charge >= 0.3 is 0 Å². The zero-order valence-corrected chi connectivity index (χ0v) is 13.2. The smallest absolute Gasteiger partial charge is 0.0931 e. The number of hydrogen-bond acceptors (Lipinski definition) is 3. The third-order valence-electron chi connectivity index (χ3n) is 4.77. The molecule has 1 spiro atoms. The first-order chi connectivity index (χ1) is 9.19. The Bertz CT molecular complexity index is 420. The van der Waals surface area contributed by atoms with Crippen molar-refractivity contribution in [2.24, 2.45) is 0 Å². The molecule has 2 nitrogen and oxygen atoms in total. The van der Waals surface area contributed by atoms with Crippen molar-refractivity contribution in [1.82, 2.24) is 10.2 Å². The Balaban J connectivity index is 1.70. The Morgan fingerprint density at radius 3 is 2.79 bits per heavy atom. The highest BCUT2D eigenvalue weighted by molar-refractivity contribution is 7.16. The molecule has 3 rings (SSSR count). The minimum absolute atomic E-state index is 0.395. The molecular weight excluding hydrogens is 276 g/mol. The second-order valence-electron chi connectivity index (χ2n) is 6.06. The van der Waals surface area contributed by atoms with Crippen molar-refractivity contribution in [1.29, 1.82) is 0 Å². The van der Waals surface area contributed by atoms with Crippen LogP contribution in [0.4, 0.5) is 0 Å². The summed E-state index contributed by atoms with van der Waals surface area (Å²) in [6, 6.07) is 4.71. The summed E-state index contributed by atoms with van der Waals surface area (Å²) in [5.74, 6) is 0. The summed E-state index contributed by atoms with van der Waals surface area (Å²) in [5, 5.41) is 3.81. The first kappa shape index (κ1) is 13.9. The van der Waals surface area contributed by atoms with Gasteiger partial charge in [-0.25, -0.2) is 0 Å². The fraction of sp³-hybridized carbons (Fsp3) is 0.733. The van der Waals surface area contributed by atoms with Crippen LogP contribution in [0.1, 0.15) is 49.9 Å². The van der Waals surface area contributed by atoms with Crippen LogP contribution in [-0.2, 0) is 0 Å². The molecule has 0 amide bonds. The molecule has 106 valence electrons. The second kappa shape index (κ2) is 5.72. The Hall–Kier alpha value is -0.0900. The van der Waals surface area contributed by atoms with E-state index in [2.05, 4.69) is 23.2 Å². The summed E-state index contributed by atoms with van der Waals surface area (Å²) in [6.07, 6.45) is 6.89. The van der Waals surface area contributed by atoms with E-state index in [0.717, 1.165) is 17.4 Å². The minimum atomic E-state index is 0.395. The first-order valence-electron chi connectivity index (χ1n) is 7.43. The quantitative estimate of drug-likeness (QED) is 0.885. The largest absolute Gasteiger partial charge is 0.309 e. The lowest BCUT2D eigenvalue weighted by Gasteiger charge is -2.47. The Morgan fingerprint density at radius 1 is 1.32 bits per heavy atom. The van der Waals surface area contributed by atoms with Gasteiger partial charge in [0.25, 0.3) is 0 Å². The summed E-state index contributed by atoms with van der Waals surface area (Å²) in [7, 11) is 0. The van der Waals surface area contributed by atoms with Crippen molar-refractivity contribution in [2.75, 3.05) is 19.6 Å². The normalized spacial score (nSPS) is 25.6. The highest BCUT2D eigenvalue weighted by Gasteiger charge is 2.37. The van der Waals surface area contributed by atoms with Gasteiger partial charge in [-0.3, -0.25) is 4.90 Å². The van der Waals surface area contributed by atoms with Gasteiger partial charge in [0.15, 0.2) is 0 Å². The zero-order valence-electron chi connectivity index (χ0n) is 11.6. The van der Waals surface area contributed by atoms with Crippen LogP contribution < -0.4 is 5.32 Å². The summed E-state index contributed by atoms with van der Waals surface area (Å²) in [6.45, 7) is 5.80. The summed E-state index contributed by atoms with van der Waals surface area (Å²) < 4.78 is 0.907. The molecule has 19 heavy (non-hydrogen) atoms. The van der Waals surface area contributed by atoms with E-state index in [1.165, 1.54) is 43.5 Å². The van der Waals surface area contributed by atoms with Crippen LogP contribution in [0.2, 0.25) is 4.34 Å². The summed E-state index contributed by atoms with van der Waals surface area (Å²) in [5.41, 5.74) is 0.395. The van der Waals surface area contributed by atoms with E-state index in [-0.39, 0.29) is 0 Å². The molecule has 1 saturated heterocycles. The summed E-state index contributed by atoms with van der Waals surface area (Å²) in [4.78, 5) is 4.04. The maximum Gasteiger partial charge on any atom is 0.0931 e. The highest BCUT2D eigenvalue weighted by atomic mass is 35.5. The van der Waals surface area contributed by atoms with Crippen molar-refractivity contribution < 1.29 is 0 Å². The van der Waals surface area contributed by atoms with Crippen LogP contribution >= 0.6 is 22.9 Å². The molecule has 1 saturated carbocycles. The topological polar surface area (TPSA) is 15.3 Å². The number of rotatable bonds is 2. The molecule has 1 aliphatic heterocycles. The molecule has 2 heterocycles. The molecule has 1 N–H and O–H groups in total. The third-order valence-corrected chi connectivity index (χ3v) is 6.17. The van der Waals surface area contributed by atoms with Crippen molar-refractivity contribution in [3.63, 3.8) is 0 Å². The van der Waals surface area contributed by atoms with Crippen LogP contribution in [-0.4, -0.2) is 30.1 Å². The fourth-order valence-corrected chi connectivity index (χ4v) is 4.76. The molecule has 1 unspecified atom stereocenters. The highest BCUT2D eigenvalue weighted by Crippen LogP contribution is 2.35. The van der Waals surface area contributed by atoms with Gasteiger partial charge in [0, 0.05) is 36.1 Å². The third kappa shape index (κ3) is 2.99. The predicted octanol–water partition coefficient (Wildman–Crippen LogP) is 4.07. The second-order valence-corrected chi connectivity index (χ2v) is 7.80. The van der Waals surface area contributed by atoms with E-state index in [9.17, 15) is 0 Å². The van der Waals surface area contributed by atoms with Gasteiger partial charge in [-0.15, -0.1) is 11.3 Å². The number of nitrogens with zero attached hydrogens (tertiary/aromatic N) is 1. The van der Waals surface area contributed by atoms with Crippen molar-refractivity contribution in [3.8, 4) is 0 Å². The Morgan fingerprint density at radius 2 is 2.11 bits per heavy atom. The molecule has 0 radical (unpaired) electrons. The zero-order chi connectivity index (χ0) is 13.3. The molecule has 1 aliphatic carbocycles. The van der Waals surface area contributed by atoms with E-state index in [1.54, 1.807) is 11.3 Å².